The molecule has 1 heterocycles. The Hall–Kier alpha value is -2.25. The maximum Gasteiger partial charge on any atom is 0.280 e. The molecule has 2 aromatic carbocycles. The van der Waals surface area contributed by atoms with Crippen molar-refractivity contribution in [1.82, 2.24) is 4.57 Å². The molecule has 5 nitrogen and oxygen atoms in total. The number of hydrogen-bond donors (Lipinski definition) is 0. The van der Waals surface area contributed by atoms with Gasteiger partial charge in [-0.1, -0.05) is 29.5 Å². The van der Waals surface area contributed by atoms with Crippen LogP contribution in [0.3, 0.4) is 0 Å². The zero-order valence-electron chi connectivity index (χ0n) is 13.5. The SMILES string of the molecule is Cc1ccc2c(c1)sc(=NC(=O)c1ccccc1S(C)(=O)=O)n2C. The van der Waals surface area contributed by atoms with Crippen LogP contribution in [0.5, 0.6) is 0 Å². The molecule has 0 aliphatic heterocycles. The smallest absolute Gasteiger partial charge is 0.280 e. The van der Waals surface area contributed by atoms with Gasteiger partial charge in [-0.3, -0.25) is 4.79 Å². The number of nitrogens with zero attached hydrogens (tertiary/aromatic N) is 2. The number of rotatable bonds is 2. The van der Waals surface area contributed by atoms with Gasteiger partial charge in [-0.2, -0.15) is 4.99 Å². The minimum Gasteiger partial charge on any atom is -0.319 e. The quantitative estimate of drug-likeness (QED) is 0.706. The van der Waals surface area contributed by atoms with E-state index in [0.29, 0.717) is 4.80 Å². The average molecular weight is 360 g/mol. The number of aromatic nitrogens is 1. The van der Waals surface area contributed by atoms with Gasteiger partial charge in [-0.15, -0.1) is 0 Å². The number of aryl methyl sites for hydroxylation is 2. The van der Waals surface area contributed by atoms with Crippen LogP contribution >= 0.6 is 11.3 Å². The number of thiazole rings is 1. The monoisotopic (exact) mass is 360 g/mol. The molecule has 0 aliphatic rings. The van der Waals surface area contributed by atoms with E-state index in [0.717, 1.165) is 22.0 Å². The molecule has 0 unspecified atom stereocenters. The van der Waals surface area contributed by atoms with Gasteiger partial charge in [0, 0.05) is 13.3 Å². The van der Waals surface area contributed by atoms with Gasteiger partial charge in [0.2, 0.25) is 0 Å². The van der Waals surface area contributed by atoms with E-state index >= 15 is 0 Å². The lowest BCUT2D eigenvalue weighted by Gasteiger charge is -2.03. The van der Waals surface area contributed by atoms with Crippen molar-refractivity contribution in [3.63, 3.8) is 0 Å². The second kappa shape index (κ2) is 5.99. The van der Waals surface area contributed by atoms with Gasteiger partial charge in [0.15, 0.2) is 14.6 Å². The third-order valence-corrected chi connectivity index (χ3v) is 5.93. The Balaban J connectivity index is 2.17. The molecule has 0 radical (unpaired) electrons. The number of carbonyl (C=O) groups is 1. The van der Waals surface area contributed by atoms with Crippen molar-refractivity contribution < 1.29 is 13.2 Å². The molecule has 124 valence electrons. The molecule has 0 saturated carbocycles. The lowest BCUT2D eigenvalue weighted by molar-refractivity contribution is 0.0995. The van der Waals surface area contributed by atoms with Gasteiger partial charge in [-0.25, -0.2) is 8.42 Å². The highest BCUT2D eigenvalue weighted by molar-refractivity contribution is 7.90. The summed E-state index contributed by atoms with van der Waals surface area (Å²) in [5.41, 5.74) is 2.20. The summed E-state index contributed by atoms with van der Waals surface area (Å²) in [5.74, 6) is -0.560. The summed E-state index contributed by atoms with van der Waals surface area (Å²) in [4.78, 5) is 17.2. The van der Waals surface area contributed by atoms with Crippen molar-refractivity contribution in [1.29, 1.82) is 0 Å². The summed E-state index contributed by atoms with van der Waals surface area (Å²) in [7, 11) is -1.66. The Morgan fingerprint density at radius 2 is 1.88 bits per heavy atom. The van der Waals surface area contributed by atoms with Crippen LogP contribution in [-0.2, 0) is 16.9 Å². The van der Waals surface area contributed by atoms with Crippen molar-refractivity contribution in [2.24, 2.45) is 12.0 Å². The first-order chi connectivity index (χ1) is 11.3. The second-order valence-electron chi connectivity index (χ2n) is 5.60. The summed E-state index contributed by atoms with van der Waals surface area (Å²) in [6.07, 6.45) is 1.08. The molecule has 0 N–H and O–H groups in total. The van der Waals surface area contributed by atoms with Gasteiger partial charge >= 0.3 is 0 Å². The van der Waals surface area contributed by atoms with E-state index in [1.54, 1.807) is 12.1 Å². The third-order valence-electron chi connectivity index (χ3n) is 3.68. The molecular weight excluding hydrogens is 344 g/mol. The van der Waals surface area contributed by atoms with Gasteiger partial charge < -0.3 is 4.57 Å². The van der Waals surface area contributed by atoms with Gasteiger partial charge in [0.25, 0.3) is 5.91 Å². The van der Waals surface area contributed by atoms with Crippen LogP contribution in [0.1, 0.15) is 15.9 Å². The summed E-state index contributed by atoms with van der Waals surface area (Å²) < 4.78 is 26.6. The molecule has 7 heteroatoms. The number of benzene rings is 2. The molecule has 24 heavy (non-hydrogen) atoms. The highest BCUT2D eigenvalue weighted by Gasteiger charge is 2.18. The Labute approximate surface area is 143 Å². The molecule has 0 atom stereocenters. The van der Waals surface area contributed by atoms with Crippen molar-refractivity contribution in [2.75, 3.05) is 6.26 Å². The molecule has 0 fully saturated rings. The zero-order valence-corrected chi connectivity index (χ0v) is 15.1. The Kier molecular flexibility index (Phi) is 4.15. The van der Waals surface area contributed by atoms with Crippen LogP contribution in [0.15, 0.2) is 52.4 Å². The van der Waals surface area contributed by atoms with E-state index in [1.807, 2.05) is 36.7 Å². The third kappa shape index (κ3) is 3.05. The Morgan fingerprint density at radius 3 is 2.58 bits per heavy atom. The van der Waals surface area contributed by atoms with Crippen LogP contribution in [0.2, 0.25) is 0 Å². The van der Waals surface area contributed by atoms with Gasteiger partial charge in [0.05, 0.1) is 20.7 Å². The minimum atomic E-state index is -3.50. The van der Waals surface area contributed by atoms with Gasteiger partial charge in [0.1, 0.15) is 0 Å². The number of hydrogen-bond acceptors (Lipinski definition) is 4. The van der Waals surface area contributed by atoms with Crippen molar-refractivity contribution in [3.8, 4) is 0 Å². The average Bonchev–Trinajstić information content (AvgIpc) is 2.82. The number of fused-ring (bicyclic) bond motifs is 1. The van der Waals surface area contributed by atoms with Crippen LogP contribution in [0.25, 0.3) is 10.2 Å². The molecule has 0 saturated heterocycles. The fourth-order valence-electron chi connectivity index (χ4n) is 2.46. The van der Waals surface area contributed by atoms with E-state index < -0.39 is 15.7 Å². The van der Waals surface area contributed by atoms with E-state index in [-0.39, 0.29) is 10.5 Å². The Morgan fingerprint density at radius 1 is 1.17 bits per heavy atom. The lowest BCUT2D eigenvalue weighted by Crippen LogP contribution is -2.15. The van der Waals surface area contributed by atoms with E-state index in [2.05, 4.69) is 4.99 Å². The molecule has 1 aromatic heterocycles. The molecule has 1 amide bonds. The number of amides is 1. The highest BCUT2D eigenvalue weighted by atomic mass is 32.2. The maximum atomic E-state index is 12.5. The summed E-state index contributed by atoms with van der Waals surface area (Å²) >= 11 is 1.40. The molecular formula is C17H16N2O3S2. The standard InChI is InChI=1S/C17H16N2O3S2/c1-11-8-9-13-14(10-11)23-17(19(13)2)18-16(20)12-6-4-5-7-15(12)24(3,21)22/h4-10H,1-3H3. The predicted octanol–water partition coefficient (Wildman–Crippen LogP) is 2.69. The normalized spacial score (nSPS) is 12.7. The van der Waals surface area contributed by atoms with Crippen LogP contribution < -0.4 is 4.80 Å². The van der Waals surface area contributed by atoms with Crippen molar-refractivity contribution in [3.05, 3.63) is 58.4 Å². The zero-order chi connectivity index (χ0) is 17.5. The first-order valence-corrected chi connectivity index (χ1v) is 9.92. The number of sulfone groups is 1. The van der Waals surface area contributed by atoms with Gasteiger partial charge in [-0.05, 0) is 36.8 Å². The molecule has 0 bridgehead atoms. The topological polar surface area (TPSA) is 68.5 Å². The maximum absolute atomic E-state index is 12.5. The van der Waals surface area contributed by atoms with Crippen LogP contribution in [0.4, 0.5) is 0 Å². The summed E-state index contributed by atoms with van der Waals surface area (Å²) in [5, 5.41) is 0. The fraction of sp³-hybridized carbons (Fsp3) is 0.176. The van der Waals surface area contributed by atoms with E-state index in [1.165, 1.54) is 23.5 Å². The highest BCUT2D eigenvalue weighted by Crippen LogP contribution is 2.19. The molecule has 0 spiro atoms. The first kappa shape index (κ1) is 16.6. The lowest BCUT2D eigenvalue weighted by atomic mass is 10.2. The first-order valence-electron chi connectivity index (χ1n) is 7.22. The molecule has 0 aliphatic carbocycles. The number of carbonyl (C=O) groups excluding carboxylic acids is 1. The summed E-state index contributed by atoms with van der Waals surface area (Å²) in [6, 6.07) is 12.1. The van der Waals surface area contributed by atoms with Crippen molar-refractivity contribution in [2.45, 2.75) is 11.8 Å². The summed E-state index contributed by atoms with van der Waals surface area (Å²) in [6.45, 7) is 2.00. The largest absolute Gasteiger partial charge is 0.319 e. The second-order valence-corrected chi connectivity index (χ2v) is 8.59. The van der Waals surface area contributed by atoms with Crippen molar-refractivity contribution >= 4 is 37.3 Å². The van der Waals surface area contributed by atoms with Crippen LogP contribution in [0, 0.1) is 6.92 Å². The van der Waals surface area contributed by atoms with E-state index in [4.69, 9.17) is 0 Å². The fourth-order valence-corrected chi connectivity index (χ4v) is 4.46. The Bertz CT molecular complexity index is 1120. The minimum absolute atomic E-state index is 0.00152. The molecule has 3 aromatic rings. The van der Waals surface area contributed by atoms with E-state index in [9.17, 15) is 13.2 Å². The van der Waals surface area contributed by atoms with Crippen LogP contribution in [-0.4, -0.2) is 25.1 Å². The molecule has 3 rings (SSSR count). The predicted molar refractivity (Wildman–Crippen MR) is 95.0 cm³/mol.